The summed E-state index contributed by atoms with van der Waals surface area (Å²) < 4.78 is 38.6. The Kier molecular flexibility index (Phi) is 7.45. The Morgan fingerprint density at radius 1 is 1.45 bits per heavy atom. The van der Waals surface area contributed by atoms with Gasteiger partial charge in [0.05, 0.1) is 11.3 Å². The number of nitrogens with one attached hydrogen (secondary N) is 1. The van der Waals surface area contributed by atoms with Crippen LogP contribution >= 0.6 is 11.3 Å². The summed E-state index contributed by atoms with van der Waals surface area (Å²) in [6, 6.07) is 4.85. The van der Waals surface area contributed by atoms with Crippen LogP contribution in [-0.4, -0.2) is 47.7 Å². The normalized spacial score (nSPS) is 17.4. The van der Waals surface area contributed by atoms with Gasteiger partial charge in [-0.15, -0.1) is 11.3 Å². The molecule has 166 valence electrons. The molecule has 6 nitrogen and oxygen atoms in total. The van der Waals surface area contributed by atoms with Gasteiger partial charge in [0, 0.05) is 42.5 Å². The quantitative estimate of drug-likeness (QED) is 0.622. The maximum absolute atomic E-state index is 13.0. The number of carbonyl (C=O) groups excluding carboxylic acids is 1. The number of thiazole rings is 1. The molecular weight excluding hydrogens is 427 g/mol. The molecule has 0 radical (unpaired) electrons. The Hall–Kier alpha value is -2.72. The fraction of sp³-hybridized carbons (Fsp3) is 0.381. The minimum Gasteiger partial charge on any atom is -0.404 e. The lowest BCUT2D eigenvalue weighted by molar-refractivity contribution is -0.137. The molecule has 1 atom stereocenters. The Labute approximate surface area is 182 Å². The summed E-state index contributed by atoms with van der Waals surface area (Å²) in [5.41, 5.74) is 5.80. The number of aromatic nitrogens is 1. The molecule has 2 heterocycles. The zero-order valence-electron chi connectivity index (χ0n) is 17.0. The molecule has 31 heavy (non-hydrogen) atoms. The molecular formula is C21H24F3N5OS. The zero-order valence-corrected chi connectivity index (χ0v) is 17.8. The van der Waals surface area contributed by atoms with Gasteiger partial charge in [-0.3, -0.25) is 9.79 Å². The van der Waals surface area contributed by atoms with E-state index < -0.39 is 11.7 Å². The van der Waals surface area contributed by atoms with Gasteiger partial charge < -0.3 is 16.0 Å². The molecule has 1 aliphatic heterocycles. The predicted molar refractivity (Wildman–Crippen MR) is 116 cm³/mol. The van der Waals surface area contributed by atoms with Crippen molar-refractivity contribution in [3.63, 3.8) is 0 Å². The van der Waals surface area contributed by atoms with Crippen LogP contribution in [0.3, 0.4) is 0 Å². The van der Waals surface area contributed by atoms with Crippen LogP contribution in [0, 0.1) is 0 Å². The second-order valence-electron chi connectivity index (χ2n) is 7.11. The van der Waals surface area contributed by atoms with Crippen molar-refractivity contribution in [3.05, 3.63) is 52.1 Å². The van der Waals surface area contributed by atoms with Crippen LogP contribution in [0.25, 0.3) is 5.57 Å². The van der Waals surface area contributed by atoms with Gasteiger partial charge >= 0.3 is 6.18 Å². The number of hydrogen-bond donors (Lipinski definition) is 2. The lowest BCUT2D eigenvalue weighted by atomic mass is 10.2. The first-order chi connectivity index (χ1) is 14.8. The van der Waals surface area contributed by atoms with Crippen LogP contribution < -0.4 is 11.1 Å². The van der Waals surface area contributed by atoms with Crippen LogP contribution in [0.2, 0.25) is 0 Å². The van der Waals surface area contributed by atoms with E-state index in [1.807, 2.05) is 11.8 Å². The highest BCUT2D eigenvalue weighted by atomic mass is 32.1. The largest absolute Gasteiger partial charge is 0.416 e. The van der Waals surface area contributed by atoms with Crippen molar-refractivity contribution in [2.24, 2.45) is 10.7 Å². The molecule has 1 amide bonds. The van der Waals surface area contributed by atoms with Crippen molar-refractivity contribution < 1.29 is 18.0 Å². The molecule has 0 saturated carbocycles. The van der Waals surface area contributed by atoms with E-state index in [1.54, 1.807) is 5.38 Å². The van der Waals surface area contributed by atoms with Gasteiger partial charge in [0.2, 0.25) is 0 Å². The maximum atomic E-state index is 13.0. The average molecular weight is 452 g/mol. The fourth-order valence-corrected chi connectivity index (χ4v) is 4.11. The molecule has 1 aromatic heterocycles. The monoisotopic (exact) mass is 451 g/mol. The van der Waals surface area contributed by atoms with Gasteiger partial charge in [0.1, 0.15) is 10.7 Å². The van der Waals surface area contributed by atoms with Crippen molar-refractivity contribution in [2.75, 3.05) is 19.6 Å². The third-order valence-electron chi connectivity index (χ3n) is 4.88. The van der Waals surface area contributed by atoms with E-state index in [2.05, 4.69) is 15.3 Å². The number of carbonyl (C=O) groups is 1. The average Bonchev–Trinajstić information content (AvgIpc) is 3.44. The zero-order chi connectivity index (χ0) is 22.4. The lowest BCUT2D eigenvalue weighted by Crippen LogP contribution is -2.42. The van der Waals surface area contributed by atoms with Crippen molar-refractivity contribution in [1.82, 2.24) is 15.2 Å². The van der Waals surface area contributed by atoms with Crippen LogP contribution in [-0.2, 0) is 6.18 Å². The molecule has 0 aliphatic carbocycles. The maximum Gasteiger partial charge on any atom is 0.416 e. The van der Waals surface area contributed by atoms with E-state index in [4.69, 9.17) is 5.73 Å². The molecule has 0 unspecified atom stereocenters. The fourth-order valence-electron chi connectivity index (χ4n) is 3.32. The van der Waals surface area contributed by atoms with E-state index in [-0.39, 0.29) is 17.6 Å². The van der Waals surface area contributed by atoms with Crippen molar-refractivity contribution in [3.8, 4) is 0 Å². The number of amides is 1. The number of halogens is 3. The standard InChI is InChI=1S/C21H24F3N5OS/c1-2-8-29(17-6-7-26-12-17)20(30)18-13-31-19(28-18)14(10-25)11-27-16-5-3-4-15(9-16)21(22,23)24/h3-5,9-11,13,17,26H,2,6-8,12,25H2,1H3/b14-10+,27-11?/t17-/m1/s1. The van der Waals surface area contributed by atoms with Gasteiger partial charge in [-0.2, -0.15) is 13.2 Å². The molecule has 2 aromatic rings. The predicted octanol–water partition coefficient (Wildman–Crippen LogP) is 4.08. The van der Waals surface area contributed by atoms with Crippen LogP contribution in [0.1, 0.15) is 40.8 Å². The SMILES string of the molecule is CCCN(C(=O)c1csc(/C(C=Nc2cccc(C(F)(F)F)c2)=C/N)n1)[C@@H]1CCNC1. The van der Waals surface area contributed by atoms with E-state index >= 15 is 0 Å². The van der Waals surface area contributed by atoms with Gasteiger partial charge in [-0.05, 0) is 37.6 Å². The molecule has 1 fully saturated rings. The van der Waals surface area contributed by atoms with E-state index in [0.29, 0.717) is 22.8 Å². The third kappa shape index (κ3) is 5.71. The highest BCUT2D eigenvalue weighted by molar-refractivity contribution is 7.11. The van der Waals surface area contributed by atoms with Gasteiger partial charge in [-0.1, -0.05) is 13.0 Å². The van der Waals surface area contributed by atoms with Gasteiger partial charge in [-0.25, -0.2) is 4.98 Å². The molecule has 10 heteroatoms. The van der Waals surface area contributed by atoms with Gasteiger partial charge in [0.15, 0.2) is 0 Å². The van der Waals surface area contributed by atoms with E-state index in [0.717, 1.165) is 38.1 Å². The summed E-state index contributed by atoms with van der Waals surface area (Å²) in [4.78, 5) is 23.4. The lowest BCUT2D eigenvalue weighted by Gasteiger charge is -2.27. The number of nitrogens with two attached hydrogens (primary N) is 1. The summed E-state index contributed by atoms with van der Waals surface area (Å²) in [5.74, 6) is -0.135. The molecule has 1 saturated heterocycles. The molecule has 0 spiro atoms. The molecule has 0 bridgehead atoms. The second kappa shape index (κ2) is 10.1. The first-order valence-corrected chi connectivity index (χ1v) is 10.8. The first kappa shape index (κ1) is 23.0. The summed E-state index contributed by atoms with van der Waals surface area (Å²) in [6.45, 7) is 4.32. The molecule has 3 rings (SSSR count). The summed E-state index contributed by atoms with van der Waals surface area (Å²) >= 11 is 1.24. The number of benzene rings is 1. The Bertz CT molecular complexity index is 964. The van der Waals surface area contributed by atoms with Crippen molar-refractivity contribution in [1.29, 1.82) is 0 Å². The Morgan fingerprint density at radius 3 is 2.90 bits per heavy atom. The number of hydrogen-bond acceptors (Lipinski definition) is 6. The Morgan fingerprint density at radius 2 is 2.26 bits per heavy atom. The topological polar surface area (TPSA) is 83.6 Å². The van der Waals surface area contributed by atoms with E-state index in [1.165, 1.54) is 35.9 Å². The highest BCUT2D eigenvalue weighted by Gasteiger charge is 2.30. The molecule has 3 N–H and O–H groups in total. The summed E-state index contributed by atoms with van der Waals surface area (Å²) in [5, 5.41) is 5.42. The summed E-state index contributed by atoms with van der Waals surface area (Å²) in [6.07, 6.45) is -0.0683. The van der Waals surface area contributed by atoms with E-state index in [9.17, 15) is 18.0 Å². The highest BCUT2D eigenvalue weighted by Crippen LogP contribution is 2.31. The van der Waals surface area contributed by atoms with Crippen LogP contribution in [0.15, 0.2) is 40.8 Å². The minimum absolute atomic E-state index is 0.135. The first-order valence-electron chi connectivity index (χ1n) is 9.94. The number of nitrogens with zero attached hydrogens (tertiary/aromatic N) is 3. The smallest absolute Gasteiger partial charge is 0.404 e. The summed E-state index contributed by atoms with van der Waals surface area (Å²) in [7, 11) is 0. The van der Waals surface area contributed by atoms with Gasteiger partial charge in [0.25, 0.3) is 5.91 Å². The Balaban J connectivity index is 1.77. The number of rotatable bonds is 7. The number of aliphatic imine (C=N–C) groups is 1. The molecule has 1 aliphatic rings. The minimum atomic E-state index is -4.44. The molecule has 1 aromatic carbocycles. The third-order valence-corrected chi connectivity index (χ3v) is 5.77. The van der Waals surface area contributed by atoms with Crippen molar-refractivity contribution >= 4 is 34.7 Å². The van der Waals surface area contributed by atoms with Crippen LogP contribution in [0.4, 0.5) is 18.9 Å². The number of allylic oxidation sites excluding steroid dienone is 1. The van der Waals surface area contributed by atoms with Crippen molar-refractivity contribution in [2.45, 2.75) is 32.0 Å². The number of alkyl halides is 3. The second-order valence-corrected chi connectivity index (χ2v) is 7.97. The van der Waals surface area contributed by atoms with Crippen LogP contribution in [0.5, 0.6) is 0 Å².